The molecule has 0 radical (unpaired) electrons. The fourth-order valence-corrected chi connectivity index (χ4v) is 3.11. The Morgan fingerprint density at radius 3 is 3.04 bits per heavy atom. The number of amides is 1. The van der Waals surface area contributed by atoms with Crippen LogP contribution in [-0.4, -0.2) is 63.2 Å². The molecule has 1 fully saturated rings. The Morgan fingerprint density at radius 2 is 2.35 bits per heavy atom. The Kier molecular flexibility index (Phi) is 6.34. The molecule has 23 heavy (non-hydrogen) atoms. The van der Waals surface area contributed by atoms with Gasteiger partial charge in [-0.2, -0.15) is 5.10 Å². The summed E-state index contributed by atoms with van der Waals surface area (Å²) in [5, 5.41) is 14.3. The highest BCUT2D eigenvalue weighted by atomic mass is 28.3. The van der Waals surface area contributed by atoms with E-state index in [9.17, 15) is 4.79 Å². The summed E-state index contributed by atoms with van der Waals surface area (Å²) in [5.74, 6) is 0.841. The molecule has 2 heterocycles. The summed E-state index contributed by atoms with van der Waals surface area (Å²) < 4.78 is 5.27. The third-order valence-corrected chi connectivity index (χ3v) is 5.47. The van der Waals surface area contributed by atoms with Crippen LogP contribution >= 0.6 is 0 Å². The fraction of sp³-hybridized carbons (Fsp3) is 0.667. The Balaban J connectivity index is 1.79. The monoisotopic (exact) mass is 337 g/mol. The molecular formula is C15H27N5O2Si. The van der Waals surface area contributed by atoms with E-state index in [4.69, 9.17) is 4.74 Å². The minimum absolute atomic E-state index is 0.144. The van der Waals surface area contributed by atoms with Crippen molar-refractivity contribution in [3.63, 3.8) is 0 Å². The maximum atomic E-state index is 11.8. The number of aromatic nitrogens is 2. The van der Waals surface area contributed by atoms with Crippen molar-refractivity contribution in [1.29, 1.82) is 0 Å². The maximum Gasteiger partial charge on any atom is 0.407 e. The quantitative estimate of drug-likeness (QED) is 0.762. The van der Waals surface area contributed by atoms with Crippen LogP contribution in [0.1, 0.15) is 0 Å². The van der Waals surface area contributed by atoms with Crippen molar-refractivity contribution in [3.8, 4) is 0 Å². The summed E-state index contributed by atoms with van der Waals surface area (Å²) in [5.41, 5.74) is 0. The number of alkyl carbamates (subject to hydrolysis) is 1. The van der Waals surface area contributed by atoms with Crippen LogP contribution in [0.2, 0.25) is 25.7 Å². The van der Waals surface area contributed by atoms with Gasteiger partial charge in [-0.3, -0.25) is 0 Å². The van der Waals surface area contributed by atoms with Crippen LogP contribution in [0.15, 0.2) is 18.3 Å². The molecule has 1 aliphatic rings. The molecule has 128 valence electrons. The summed E-state index contributed by atoms with van der Waals surface area (Å²) in [6.07, 6.45) is 1.32. The van der Waals surface area contributed by atoms with E-state index in [1.54, 1.807) is 6.20 Å². The standard InChI is InChI=1S/C15H27N5O2Si/c1-23(2,3)10-9-22-15(21)17-12-13-11-16-7-8-20(13)14-5-4-6-18-19-14/h4-6,13,16H,7-12H2,1-3H3,(H,17,21)/t13-/m0/s1. The van der Waals surface area contributed by atoms with Gasteiger partial charge in [-0.05, 0) is 18.2 Å². The van der Waals surface area contributed by atoms with Crippen LogP contribution in [0.25, 0.3) is 0 Å². The first-order valence-electron chi connectivity index (χ1n) is 8.11. The van der Waals surface area contributed by atoms with Crippen molar-refractivity contribution in [2.75, 3.05) is 37.7 Å². The predicted octanol–water partition coefficient (Wildman–Crippen LogP) is 1.32. The maximum absolute atomic E-state index is 11.8. The lowest BCUT2D eigenvalue weighted by Gasteiger charge is -2.36. The zero-order valence-corrected chi connectivity index (χ0v) is 15.2. The van der Waals surface area contributed by atoms with E-state index >= 15 is 0 Å². The first kappa shape index (κ1) is 17.7. The molecule has 2 N–H and O–H groups in total. The van der Waals surface area contributed by atoms with Crippen LogP contribution < -0.4 is 15.5 Å². The number of carbonyl (C=O) groups excluding carboxylic acids is 1. The molecule has 1 aromatic rings. The second-order valence-corrected chi connectivity index (χ2v) is 12.6. The Hall–Kier alpha value is -1.67. The number of hydrogen-bond acceptors (Lipinski definition) is 6. The van der Waals surface area contributed by atoms with E-state index in [1.165, 1.54) is 0 Å². The molecule has 8 heteroatoms. The third kappa shape index (κ3) is 6.15. The molecule has 1 amide bonds. The van der Waals surface area contributed by atoms with E-state index in [1.807, 2.05) is 12.1 Å². The van der Waals surface area contributed by atoms with Gasteiger partial charge < -0.3 is 20.3 Å². The number of piperazine rings is 1. The SMILES string of the molecule is C[Si](C)(C)CCOC(=O)NC[C@@H]1CNCCN1c1cccnn1. The number of nitrogens with one attached hydrogen (secondary N) is 2. The summed E-state index contributed by atoms with van der Waals surface area (Å²) >= 11 is 0. The van der Waals surface area contributed by atoms with Gasteiger partial charge in [-0.15, -0.1) is 5.10 Å². The Labute approximate surface area is 138 Å². The predicted molar refractivity (Wildman–Crippen MR) is 93.5 cm³/mol. The number of hydrogen-bond donors (Lipinski definition) is 2. The normalized spacial score (nSPS) is 18.6. The molecule has 1 aliphatic heterocycles. The average Bonchev–Trinajstić information content (AvgIpc) is 2.53. The molecular weight excluding hydrogens is 310 g/mol. The van der Waals surface area contributed by atoms with Gasteiger partial charge in [0.25, 0.3) is 0 Å². The van der Waals surface area contributed by atoms with Crippen molar-refractivity contribution >= 4 is 20.0 Å². The molecule has 1 aromatic heterocycles. The molecule has 0 unspecified atom stereocenters. The fourth-order valence-electron chi connectivity index (χ4n) is 2.39. The van der Waals surface area contributed by atoms with Gasteiger partial charge in [0.1, 0.15) is 0 Å². The van der Waals surface area contributed by atoms with E-state index in [2.05, 4.69) is 45.4 Å². The van der Waals surface area contributed by atoms with Gasteiger partial charge in [0, 0.05) is 40.4 Å². The summed E-state index contributed by atoms with van der Waals surface area (Å²) in [7, 11) is -1.17. The summed E-state index contributed by atoms with van der Waals surface area (Å²) in [6, 6.07) is 4.94. The van der Waals surface area contributed by atoms with Gasteiger partial charge in [0.05, 0.1) is 12.6 Å². The number of carbonyl (C=O) groups is 1. The minimum atomic E-state index is -1.17. The number of anilines is 1. The second kappa shape index (κ2) is 8.26. The van der Waals surface area contributed by atoms with E-state index in [0.717, 1.165) is 31.5 Å². The van der Waals surface area contributed by atoms with Crippen molar-refractivity contribution in [1.82, 2.24) is 20.8 Å². The van der Waals surface area contributed by atoms with E-state index in [-0.39, 0.29) is 12.1 Å². The molecule has 0 bridgehead atoms. The van der Waals surface area contributed by atoms with Gasteiger partial charge in [-0.1, -0.05) is 19.6 Å². The lowest BCUT2D eigenvalue weighted by atomic mass is 10.2. The van der Waals surface area contributed by atoms with Crippen molar-refractivity contribution < 1.29 is 9.53 Å². The molecule has 0 spiro atoms. The number of ether oxygens (including phenoxy) is 1. The van der Waals surface area contributed by atoms with Crippen molar-refractivity contribution in [2.45, 2.75) is 31.7 Å². The molecule has 0 aromatic carbocycles. The van der Waals surface area contributed by atoms with Gasteiger partial charge in [0.15, 0.2) is 5.82 Å². The van der Waals surface area contributed by atoms with Crippen LogP contribution in [-0.2, 0) is 4.74 Å². The molecule has 7 nitrogen and oxygen atoms in total. The average molecular weight is 338 g/mol. The van der Waals surface area contributed by atoms with E-state index < -0.39 is 8.07 Å². The highest BCUT2D eigenvalue weighted by Gasteiger charge is 2.24. The molecule has 0 saturated carbocycles. The minimum Gasteiger partial charge on any atom is -0.450 e. The lowest BCUT2D eigenvalue weighted by molar-refractivity contribution is 0.151. The third-order valence-electron chi connectivity index (χ3n) is 3.77. The largest absolute Gasteiger partial charge is 0.450 e. The number of rotatable bonds is 6. The van der Waals surface area contributed by atoms with Crippen LogP contribution in [0.3, 0.4) is 0 Å². The zero-order valence-electron chi connectivity index (χ0n) is 14.2. The van der Waals surface area contributed by atoms with Crippen molar-refractivity contribution in [2.24, 2.45) is 0 Å². The summed E-state index contributed by atoms with van der Waals surface area (Å²) in [4.78, 5) is 14.0. The highest BCUT2D eigenvalue weighted by Crippen LogP contribution is 2.13. The Bertz CT molecular complexity index is 494. The first-order valence-corrected chi connectivity index (χ1v) is 11.8. The first-order chi connectivity index (χ1) is 11.0. The van der Waals surface area contributed by atoms with Crippen LogP contribution in [0.4, 0.5) is 10.6 Å². The lowest BCUT2D eigenvalue weighted by Crippen LogP contribution is -2.56. The zero-order chi connectivity index (χ0) is 16.7. The van der Waals surface area contributed by atoms with Gasteiger partial charge in [0.2, 0.25) is 0 Å². The van der Waals surface area contributed by atoms with Crippen LogP contribution in [0, 0.1) is 0 Å². The van der Waals surface area contributed by atoms with E-state index in [0.29, 0.717) is 13.2 Å². The van der Waals surface area contributed by atoms with Crippen molar-refractivity contribution in [3.05, 3.63) is 18.3 Å². The van der Waals surface area contributed by atoms with Crippen LogP contribution in [0.5, 0.6) is 0 Å². The summed E-state index contributed by atoms with van der Waals surface area (Å²) in [6.45, 7) is 10.4. The molecule has 2 rings (SSSR count). The Morgan fingerprint density at radius 1 is 1.52 bits per heavy atom. The molecule has 1 atom stereocenters. The molecule has 1 saturated heterocycles. The highest BCUT2D eigenvalue weighted by molar-refractivity contribution is 6.76. The van der Waals surface area contributed by atoms with Gasteiger partial charge >= 0.3 is 6.09 Å². The topological polar surface area (TPSA) is 79.4 Å². The smallest absolute Gasteiger partial charge is 0.407 e. The van der Waals surface area contributed by atoms with Gasteiger partial charge in [-0.25, -0.2) is 4.79 Å². The second-order valence-electron chi connectivity index (χ2n) is 6.96. The number of nitrogens with zero attached hydrogens (tertiary/aromatic N) is 3. The molecule has 0 aliphatic carbocycles.